The lowest BCUT2D eigenvalue weighted by Gasteiger charge is -2.33. The monoisotopic (exact) mass is 485 g/mol. The van der Waals surface area contributed by atoms with Crippen molar-refractivity contribution in [3.63, 3.8) is 0 Å². The van der Waals surface area contributed by atoms with Gasteiger partial charge in [-0.05, 0) is 61.1 Å². The number of carbonyl (C=O) groups is 1. The number of hydrogen-bond donors (Lipinski definition) is 0. The van der Waals surface area contributed by atoms with Crippen molar-refractivity contribution in [2.45, 2.75) is 65.1 Å². The number of alkyl halides is 3. The van der Waals surface area contributed by atoms with Crippen molar-refractivity contribution in [2.75, 3.05) is 19.0 Å². The highest BCUT2D eigenvalue weighted by Crippen LogP contribution is 2.40. The van der Waals surface area contributed by atoms with E-state index in [-0.39, 0.29) is 23.1 Å². The van der Waals surface area contributed by atoms with E-state index in [1.54, 1.807) is 13.1 Å². The Morgan fingerprint density at radius 1 is 1.17 bits per heavy atom. The summed E-state index contributed by atoms with van der Waals surface area (Å²) in [6, 6.07) is 11.5. The molecule has 1 unspecified atom stereocenters. The molecule has 2 aromatic carbocycles. The van der Waals surface area contributed by atoms with Crippen LogP contribution in [0.4, 0.5) is 18.9 Å². The number of aliphatic imine (C=N–C) groups is 1. The minimum Gasteiger partial charge on any atom is -0.340 e. The first-order valence-electron chi connectivity index (χ1n) is 11.9. The standard InChI is InChI=1S/C28H34F3N3O/c1-7-14-27(4,16-25(32-5)33(6)17-19(2)3)20-10-8-11-21(15-20)34-18-23-22(26(34)35)12-9-13-24(23)28(29,30)31/h8-13,15,17H,7,14,16,18H2,1-6H3/b32-25-. The first-order chi connectivity index (χ1) is 16.4. The van der Waals surface area contributed by atoms with Gasteiger partial charge in [0.2, 0.25) is 0 Å². The molecular formula is C28H34F3N3O. The van der Waals surface area contributed by atoms with Gasteiger partial charge in [0.05, 0.1) is 12.1 Å². The van der Waals surface area contributed by atoms with Crippen LogP contribution in [0.5, 0.6) is 0 Å². The third-order valence-electron chi connectivity index (χ3n) is 6.60. The number of rotatable bonds is 7. The van der Waals surface area contributed by atoms with Gasteiger partial charge in [-0.2, -0.15) is 13.2 Å². The zero-order valence-corrected chi connectivity index (χ0v) is 21.3. The summed E-state index contributed by atoms with van der Waals surface area (Å²) in [5, 5.41) is 0. The third-order valence-corrected chi connectivity index (χ3v) is 6.60. The smallest absolute Gasteiger partial charge is 0.340 e. The van der Waals surface area contributed by atoms with Gasteiger partial charge in [0, 0.05) is 38.0 Å². The zero-order valence-electron chi connectivity index (χ0n) is 21.3. The summed E-state index contributed by atoms with van der Waals surface area (Å²) in [4.78, 5) is 21.1. The van der Waals surface area contributed by atoms with E-state index in [9.17, 15) is 18.0 Å². The van der Waals surface area contributed by atoms with E-state index in [4.69, 9.17) is 0 Å². The second-order valence-electron chi connectivity index (χ2n) is 9.72. The predicted octanol–water partition coefficient (Wildman–Crippen LogP) is 7.20. The van der Waals surface area contributed by atoms with E-state index < -0.39 is 17.6 Å². The second-order valence-corrected chi connectivity index (χ2v) is 9.72. The van der Waals surface area contributed by atoms with Crippen molar-refractivity contribution in [1.82, 2.24) is 4.90 Å². The molecule has 0 aromatic heterocycles. The lowest BCUT2D eigenvalue weighted by molar-refractivity contribution is -0.138. The summed E-state index contributed by atoms with van der Waals surface area (Å²) >= 11 is 0. The maximum absolute atomic E-state index is 13.6. The van der Waals surface area contributed by atoms with E-state index in [0.717, 1.165) is 35.9 Å². The summed E-state index contributed by atoms with van der Waals surface area (Å²) in [5.41, 5.74) is 1.94. The number of hydrogen-bond acceptors (Lipinski definition) is 2. The molecular weight excluding hydrogens is 451 g/mol. The normalized spacial score (nSPS) is 15.6. The fourth-order valence-corrected chi connectivity index (χ4v) is 4.92. The van der Waals surface area contributed by atoms with Crippen LogP contribution in [0.15, 0.2) is 59.2 Å². The molecule has 1 atom stereocenters. The molecule has 0 saturated heterocycles. The Hall–Kier alpha value is -3.09. The molecule has 1 amide bonds. The van der Waals surface area contributed by atoms with Gasteiger partial charge in [0.1, 0.15) is 5.84 Å². The highest BCUT2D eigenvalue weighted by molar-refractivity contribution is 6.10. The lowest BCUT2D eigenvalue weighted by Crippen LogP contribution is -2.32. The molecule has 1 aliphatic rings. The molecule has 3 rings (SSSR count). The Kier molecular flexibility index (Phi) is 7.77. The number of anilines is 1. The van der Waals surface area contributed by atoms with E-state index in [1.807, 2.05) is 50.2 Å². The van der Waals surface area contributed by atoms with Crippen LogP contribution in [0, 0.1) is 0 Å². The summed E-state index contributed by atoms with van der Waals surface area (Å²) in [6.07, 6.45) is 0.0744. The van der Waals surface area contributed by atoms with Gasteiger partial charge in [-0.15, -0.1) is 0 Å². The van der Waals surface area contributed by atoms with Gasteiger partial charge >= 0.3 is 6.18 Å². The van der Waals surface area contributed by atoms with Crippen molar-refractivity contribution in [1.29, 1.82) is 0 Å². The van der Waals surface area contributed by atoms with E-state index >= 15 is 0 Å². The Bertz CT molecular complexity index is 1150. The van der Waals surface area contributed by atoms with Crippen LogP contribution in [0.2, 0.25) is 0 Å². The molecule has 0 spiro atoms. The molecule has 0 bridgehead atoms. The Balaban J connectivity index is 1.97. The summed E-state index contributed by atoms with van der Waals surface area (Å²) < 4.78 is 40.7. The lowest BCUT2D eigenvalue weighted by atomic mass is 9.75. The first-order valence-corrected chi connectivity index (χ1v) is 11.9. The van der Waals surface area contributed by atoms with Gasteiger partial charge < -0.3 is 9.80 Å². The van der Waals surface area contributed by atoms with Crippen molar-refractivity contribution in [3.05, 3.63) is 76.5 Å². The molecule has 0 saturated carbocycles. The number of carbonyl (C=O) groups excluding carboxylic acids is 1. The van der Waals surface area contributed by atoms with E-state index in [2.05, 4.69) is 18.8 Å². The third kappa shape index (κ3) is 5.60. The number of allylic oxidation sites excluding steroid dienone is 1. The molecule has 0 aliphatic carbocycles. The van der Waals surface area contributed by atoms with Crippen LogP contribution in [0.1, 0.15) is 74.0 Å². The highest BCUT2D eigenvalue weighted by Gasteiger charge is 2.40. The van der Waals surface area contributed by atoms with Crippen molar-refractivity contribution >= 4 is 17.4 Å². The number of benzene rings is 2. The number of fused-ring (bicyclic) bond motifs is 1. The van der Waals surface area contributed by atoms with Crippen LogP contribution in [-0.2, 0) is 18.1 Å². The van der Waals surface area contributed by atoms with Crippen molar-refractivity contribution < 1.29 is 18.0 Å². The Labute approximate surface area is 206 Å². The largest absolute Gasteiger partial charge is 0.416 e. The number of nitrogens with zero attached hydrogens (tertiary/aromatic N) is 3. The van der Waals surface area contributed by atoms with Crippen LogP contribution in [0.3, 0.4) is 0 Å². The molecule has 1 aliphatic heterocycles. The molecule has 0 radical (unpaired) electrons. The summed E-state index contributed by atoms with van der Waals surface area (Å²) in [7, 11) is 3.77. The molecule has 0 fully saturated rings. The first kappa shape index (κ1) is 26.5. The average molecular weight is 486 g/mol. The van der Waals surface area contributed by atoms with Crippen molar-refractivity contribution in [2.24, 2.45) is 4.99 Å². The van der Waals surface area contributed by atoms with Crippen LogP contribution >= 0.6 is 0 Å². The number of amidine groups is 1. The Morgan fingerprint density at radius 3 is 2.46 bits per heavy atom. The molecule has 1 heterocycles. The summed E-state index contributed by atoms with van der Waals surface area (Å²) in [6.45, 7) is 8.29. The van der Waals surface area contributed by atoms with Gasteiger partial charge in [-0.1, -0.05) is 44.0 Å². The quantitative estimate of drug-likeness (QED) is 0.307. The molecule has 0 N–H and O–H groups in total. The molecule has 35 heavy (non-hydrogen) atoms. The van der Waals surface area contributed by atoms with Crippen LogP contribution in [-0.4, -0.2) is 30.7 Å². The fourth-order valence-electron chi connectivity index (χ4n) is 4.92. The van der Waals surface area contributed by atoms with Gasteiger partial charge in [0.15, 0.2) is 0 Å². The second kappa shape index (κ2) is 10.3. The molecule has 7 heteroatoms. The fraction of sp³-hybridized carbons (Fsp3) is 0.429. The maximum Gasteiger partial charge on any atom is 0.416 e. The van der Waals surface area contributed by atoms with Crippen LogP contribution < -0.4 is 4.90 Å². The van der Waals surface area contributed by atoms with E-state index in [0.29, 0.717) is 12.1 Å². The number of amides is 1. The maximum atomic E-state index is 13.6. The van der Waals surface area contributed by atoms with Gasteiger partial charge in [0.25, 0.3) is 5.91 Å². The minimum atomic E-state index is -4.50. The predicted molar refractivity (Wildman–Crippen MR) is 136 cm³/mol. The average Bonchev–Trinajstić information content (AvgIpc) is 3.13. The van der Waals surface area contributed by atoms with Gasteiger partial charge in [-0.3, -0.25) is 9.79 Å². The SMILES string of the molecule is CCCC(C)(C/C(=N/C)N(C)C=C(C)C)c1cccc(N2Cc3c(cccc3C(F)(F)F)C2=O)c1. The van der Waals surface area contributed by atoms with E-state index in [1.165, 1.54) is 17.0 Å². The zero-order chi connectivity index (χ0) is 26.0. The molecule has 188 valence electrons. The number of halogens is 3. The highest BCUT2D eigenvalue weighted by atomic mass is 19.4. The molecule has 4 nitrogen and oxygen atoms in total. The van der Waals surface area contributed by atoms with Crippen molar-refractivity contribution in [3.8, 4) is 0 Å². The molecule has 2 aromatic rings. The minimum absolute atomic E-state index is 0.0375. The Morgan fingerprint density at radius 2 is 1.86 bits per heavy atom. The topological polar surface area (TPSA) is 35.9 Å². The van der Waals surface area contributed by atoms with Crippen LogP contribution in [0.25, 0.3) is 0 Å². The van der Waals surface area contributed by atoms with Gasteiger partial charge in [-0.25, -0.2) is 0 Å². The summed E-state index contributed by atoms with van der Waals surface area (Å²) in [5.74, 6) is 0.534.